The normalized spacial score (nSPS) is 11.5. The molecule has 1 heterocycles. The zero-order chi connectivity index (χ0) is 15.2. The van der Waals surface area contributed by atoms with Crippen LogP contribution < -0.4 is 14.9 Å². The summed E-state index contributed by atoms with van der Waals surface area (Å²) in [5.41, 5.74) is 1.98. The zero-order valence-electron chi connectivity index (χ0n) is 12.4. The molecule has 0 atom stereocenters. The highest BCUT2D eigenvalue weighted by atomic mass is 32.1. The van der Waals surface area contributed by atoms with Gasteiger partial charge in [0.1, 0.15) is 5.75 Å². The average Bonchev–Trinajstić information content (AvgIpc) is 2.80. The summed E-state index contributed by atoms with van der Waals surface area (Å²) in [6.07, 6.45) is 0. The maximum absolute atomic E-state index is 10.9. The van der Waals surface area contributed by atoms with Crippen molar-refractivity contribution in [2.24, 2.45) is 4.99 Å². The van der Waals surface area contributed by atoms with Crippen molar-refractivity contribution < 1.29 is 9.53 Å². The van der Waals surface area contributed by atoms with Crippen LogP contribution in [-0.4, -0.2) is 24.1 Å². The van der Waals surface area contributed by atoms with Crippen molar-refractivity contribution in [1.82, 2.24) is 9.88 Å². The molecule has 0 spiro atoms. The van der Waals surface area contributed by atoms with E-state index in [-0.39, 0.29) is 5.91 Å². The minimum absolute atomic E-state index is 0.0187. The fourth-order valence-electron chi connectivity index (χ4n) is 1.91. The molecule has 0 saturated heterocycles. The molecule has 0 saturated carbocycles. The number of carbonyl (C=O) groups excluding carboxylic acids is 1. The Balaban J connectivity index is 2.26. The Hall–Kier alpha value is -2.08. The van der Waals surface area contributed by atoms with Crippen LogP contribution in [0.2, 0.25) is 0 Å². The molecular weight excluding hydrogens is 286 g/mol. The number of nitrogens with one attached hydrogen (secondary N) is 1. The van der Waals surface area contributed by atoms with Gasteiger partial charge in [-0.15, -0.1) is 11.3 Å². The molecule has 0 bridgehead atoms. The van der Waals surface area contributed by atoms with Crippen LogP contribution in [0.15, 0.2) is 34.6 Å². The topological polar surface area (TPSA) is 55.6 Å². The molecule has 2 rings (SSSR count). The van der Waals surface area contributed by atoms with Gasteiger partial charge < -0.3 is 14.6 Å². The number of hydrogen-bond donors (Lipinski definition) is 1. The van der Waals surface area contributed by atoms with Crippen molar-refractivity contribution in [3.8, 4) is 5.75 Å². The van der Waals surface area contributed by atoms with Gasteiger partial charge >= 0.3 is 0 Å². The van der Waals surface area contributed by atoms with E-state index in [0.717, 1.165) is 21.9 Å². The molecule has 0 aliphatic rings. The van der Waals surface area contributed by atoms with E-state index in [2.05, 4.69) is 20.3 Å². The molecule has 5 nitrogen and oxygen atoms in total. The Kier molecular flexibility index (Phi) is 5.16. The second kappa shape index (κ2) is 7.08. The van der Waals surface area contributed by atoms with Crippen LogP contribution in [0.4, 0.5) is 5.69 Å². The molecule has 0 radical (unpaired) electrons. The average molecular weight is 305 g/mol. The number of aryl methyl sites for hydroxylation is 1. The lowest BCUT2D eigenvalue weighted by Crippen LogP contribution is -2.28. The van der Waals surface area contributed by atoms with Gasteiger partial charge in [-0.25, -0.2) is 4.99 Å². The zero-order valence-corrected chi connectivity index (χ0v) is 13.2. The van der Waals surface area contributed by atoms with Gasteiger partial charge in [-0.1, -0.05) is 6.07 Å². The van der Waals surface area contributed by atoms with E-state index in [4.69, 9.17) is 4.74 Å². The number of carbonyl (C=O) groups is 1. The van der Waals surface area contributed by atoms with E-state index >= 15 is 0 Å². The third-order valence-electron chi connectivity index (χ3n) is 2.98. The highest BCUT2D eigenvalue weighted by Crippen LogP contribution is 2.19. The second-order valence-electron chi connectivity index (χ2n) is 4.61. The van der Waals surface area contributed by atoms with E-state index in [1.165, 1.54) is 6.92 Å². The SMILES string of the molecule is COc1cccc(N=c2scc(C)n2CCNC(C)=O)c1. The molecule has 21 heavy (non-hydrogen) atoms. The number of nitrogens with zero attached hydrogens (tertiary/aromatic N) is 2. The third-order valence-corrected chi connectivity index (χ3v) is 3.96. The van der Waals surface area contributed by atoms with E-state index in [0.29, 0.717) is 13.1 Å². The van der Waals surface area contributed by atoms with Gasteiger partial charge in [0, 0.05) is 37.2 Å². The van der Waals surface area contributed by atoms with Crippen LogP contribution in [0, 0.1) is 6.92 Å². The van der Waals surface area contributed by atoms with E-state index in [1.54, 1.807) is 18.4 Å². The van der Waals surface area contributed by atoms with Crippen LogP contribution in [-0.2, 0) is 11.3 Å². The fraction of sp³-hybridized carbons (Fsp3) is 0.333. The smallest absolute Gasteiger partial charge is 0.216 e. The molecule has 1 N–H and O–H groups in total. The fourth-order valence-corrected chi connectivity index (χ4v) is 2.83. The Morgan fingerprint density at radius 2 is 2.29 bits per heavy atom. The first-order valence-corrected chi connectivity index (χ1v) is 7.56. The summed E-state index contributed by atoms with van der Waals surface area (Å²) in [7, 11) is 1.64. The lowest BCUT2D eigenvalue weighted by Gasteiger charge is -2.06. The summed E-state index contributed by atoms with van der Waals surface area (Å²) in [4.78, 5) is 16.5. The maximum atomic E-state index is 10.9. The van der Waals surface area contributed by atoms with E-state index in [1.807, 2.05) is 31.2 Å². The third kappa shape index (κ3) is 4.19. The Bertz CT molecular complexity index is 688. The van der Waals surface area contributed by atoms with Gasteiger partial charge in [0.05, 0.1) is 12.8 Å². The van der Waals surface area contributed by atoms with Gasteiger partial charge in [-0.05, 0) is 19.1 Å². The Morgan fingerprint density at radius 1 is 1.48 bits per heavy atom. The Labute approximate surface area is 127 Å². The van der Waals surface area contributed by atoms with Gasteiger partial charge in [0.15, 0.2) is 4.80 Å². The monoisotopic (exact) mass is 305 g/mol. The van der Waals surface area contributed by atoms with Crippen molar-refractivity contribution in [3.63, 3.8) is 0 Å². The van der Waals surface area contributed by atoms with Crippen molar-refractivity contribution >= 4 is 22.9 Å². The van der Waals surface area contributed by atoms with Gasteiger partial charge in [-0.2, -0.15) is 0 Å². The first-order valence-electron chi connectivity index (χ1n) is 6.68. The van der Waals surface area contributed by atoms with Crippen LogP contribution in [0.1, 0.15) is 12.6 Å². The number of hydrogen-bond acceptors (Lipinski definition) is 4. The molecule has 1 aromatic carbocycles. The quantitative estimate of drug-likeness (QED) is 0.921. The minimum atomic E-state index is -0.0187. The lowest BCUT2D eigenvalue weighted by molar-refractivity contribution is -0.118. The molecular formula is C15H19N3O2S. The molecule has 6 heteroatoms. The van der Waals surface area contributed by atoms with Crippen LogP contribution >= 0.6 is 11.3 Å². The van der Waals surface area contributed by atoms with Crippen molar-refractivity contribution in [2.75, 3.05) is 13.7 Å². The second-order valence-corrected chi connectivity index (χ2v) is 5.44. The van der Waals surface area contributed by atoms with Gasteiger partial charge in [-0.3, -0.25) is 4.79 Å². The van der Waals surface area contributed by atoms with E-state index in [9.17, 15) is 4.79 Å². The number of aromatic nitrogens is 1. The number of methoxy groups -OCH3 is 1. The minimum Gasteiger partial charge on any atom is -0.497 e. The molecule has 0 aliphatic carbocycles. The lowest BCUT2D eigenvalue weighted by atomic mass is 10.3. The highest BCUT2D eigenvalue weighted by molar-refractivity contribution is 7.07. The van der Waals surface area contributed by atoms with E-state index < -0.39 is 0 Å². The molecule has 1 amide bonds. The van der Waals surface area contributed by atoms with Crippen molar-refractivity contribution in [1.29, 1.82) is 0 Å². The maximum Gasteiger partial charge on any atom is 0.216 e. The Morgan fingerprint density at radius 3 is 3.00 bits per heavy atom. The number of rotatable bonds is 5. The highest BCUT2D eigenvalue weighted by Gasteiger charge is 2.02. The standard InChI is InChI=1S/C15H19N3O2S/c1-11-10-21-15(18(11)8-7-16-12(2)19)17-13-5-4-6-14(9-13)20-3/h4-6,9-10H,7-8H2,1-3H3,(H,16,19). The molecule has 0 fully saturated rings. The summed E-state index contributed by atoms with van der Waals surface area (Å²) < 4.78 is 7.31. The van der Waals surface area contributed by atoms with Crippen molar-refractivity contribution in [3.05, 3.63) is 40.1 Å². The van der Waals surface area contributed by atoms with Gasteiger partial charge in [0.2, 0.25) is 5.91 Å². The number of thiazole rings is 1. The predicted octanol–water partition coefficient (Wildman–Crippen LogP) is 2.24. The number of benzene rings is 1. The first-order chi connectivity index (χ1) is 10.1. The van der Waals surface area contributed by atoms with Crippen LogP contribution in [0.3, 0.4) is 0 Å². The molecule has 0 unspecified atom stereocenters. The summed E-state index contributed by atoms with van der Waals surface area (Å²) in [6, 6.07) is 7.65. The predicted molar refractivity (Wildman–Crippen MR) is 83.9 cm³/mol. The molecule has 1 aromatic heterocycles. The van der Waals surface area contributed by atoms with Crippen molar-refractivity contribution in [2.45, 2.75) is 20.4 Å². The number of amides is 1. The first kappa shape index (κ1) is 15.3. The molecule has 0 aliphatic heterocycles. The molecule has 2 aromatic rings. The van der Waals surface area contributed by atoms with Gasteiger partial charge in [0.25, 0.3) is 0 Å². The summed E-state index contributed by atoms with van der Waals surface area (Å²) in [5.74, 6) is 0.768. The summed E-state index contributed by atoms with van der Waals surface area (Å²) in [5, 5.41) is 4.87. The summed E-state index contributed by atoms with van der Waals surface area (Å²) >= 11 is 1.59. The van der Waals surface area contributed by atoms with Crippen LogP contribution in [0.5, 0.6) is 5.75 Å². The summed E-state index contributed by atoms with van der Waals surface area (Å²) in [6.45, 7) is 4.86. The molecule has 112 valence electrons. The number of ether oxygens (including phenoxy) is 1. The van der Waals surface area contributed by atoms with Crippen LogP contribution in [0.25, 0.3) is 0 Å². The largest absolute Gasteiger partial charge is 0.497 e.